The Morgan fingerprint density at radius 1 is 1.25 bits per heavy atom. The lowest BCUT2D eigenvalue weighted by atomic mass is 10.2. The summed E-state index contributed by atoms with van der Waals surface area (Å²) in [6.45, 7) is 2.49. The fraction of sp³-hybridized carbons (Fsp3) is 0.417. The third kappa shape index (κ3) is 5.07. The molecule has 0 radical (unpaired) electrons. The number of thioether (sulfide) groups is 1. The van der Waals surface area contributed by atoms with E-state index in [-0.39, 0.29) is 5.91 Å². The molecule has 1 aromatic rings. The molecule has 0 saturated carbocycles. The molecule has 2 N–H and O–H groups in total. The van der Waals surface area contributed by atoms with Gasteiger partial charge in [-0.25, -0.2) is 0 Å². The molecule has 0 unspecified atom stereocenters. The standard InChI is InChI=1S/C12H18N2OS/c1-10(15)14-12-6-4-11(5-7-12)13-8-3-9-16-2/h4-7,13H,3,8-9H2,1-2H3,(H,14,15). The zero-order chi connectivity index (χ0) is 11.8. The Morgan fingerprint density at radius 2 is 1.88 bits per heavy atom. The van der Waals surface area contributed by atoms with Gasteiger partial charge in [-0.15, -0.1) is 0 Å². The van der Waals surface area contributed by atoms with Crippen LogP contribution < -0.4 is 10.6 Å². The topological polar surface area (TPSA) is 41.1 Å². The number of hydrogen-bond donors (Lipinski definition) is 2. The Bertz CT molecular complexity index is 324. The molecule has 0 aliphatic rings. The summed E-state index contributed by atoms with van der Waals surface area (Å²) in [5.74, 6) is 1.14. The highest BCUT2D eigenvalue weighted by molar-refractivity contribution is 7.98. The van der Waals surface area contributed by atoms with E-state index in [0.29, 0.717) is 0 Å². The average molecular weight is 238 g/mol. The van der Waals surface area contributed by atoms with Crippen LogP contribution >= 0.6 is 11.8 Å². The SMILES string of the molecule is CSCCCNc1ccc(NC(C)=O)cc1. The minimum Gasteiger partial charge on any atom is -0.385 e. The Labute approximate surface area is 101 Å². The number of anilines is 2. The van der Waals surface area contributed by atoms with Crippen molar-refractivity contribution in [3.8, 4) is 0 Å². The van der Waals surface area contributed by atoms with Gasteiger partial charge in [0, 0.05) is 24.8 Å². The minimum atomic E-state index is -0.0410. The Morgan fingerprint density at radius 3 is 2.44 bits per heavy atom. The van der Waals surface area contributed by atoms with Crippen LogP contribution in [0.15, 0.2) is 24.3 Å². The van der Waals surface area contributed by atoms with Crippen molar-refractivity contribution in [2.75, 3.05) is 29.2 Å². The zero-order valence-electron chi connectivity index (χ0n) is 9.75. The number of hydrogen-bond acceptors (Lipinski definition) is 3. The Kier molecular flexibility index (Phi) is 5.78. The first kappa shape index (κ1) is 12.9. The average Bonchev–Trinajstić information content (AvgIpc) is 2.26. The van der Waals surface area contributed by atoms with Crippen molar-refractivity contribution in [1.82, 2.24) is 0 Å². The van der Waals surface area contributed by atoms with Crippen LogP contribution in [-0.2, 0) is 4.79 Å². The van der Waals surface area contributed by atoms with Gasteiger partial charge in [0.15, 0.2) is 0 Å². The van der Waals surface area contributed by atoms with E-state index < -0.39 is 0 Å². The van der Waals surface area contributed by atoms with E-state index in [0.717, 1.165) is 24.3 Å². The van der Waals surface area contributed by atoms with Crippen LogP contribution in [0.4, 0.5) is 11.4 Å². The molecule has 0 bridgehead atoms. The summed E-state index contributed by atoms with van der Waals surface area (Å²) in [7, 11) is 0. The van der Waals surface area contributed by atoms with Gasteiger partial charge >= 0.3 is 0 Å². The van der Waals surface area contributed by atoms with E-state index in [9.17, 15) is 4.79 Å². The fourth-order valence-corrected chi connectivity index (χ4v) is 1.76. The maximum absolute atomic E-state index is 10.8. The van der Waals surface area contributed by atoms with Gasteiger partial charge in [0.05, 0.1) is 0 Å². The van der Waals surface area contributed by atoms with Crippen molar-refractivity contribution in [1.29, 1.82) is 0 Å². The highest BCUT2D eigenvalue weighted by Gasteiger charge is 1.95. The van der Waals surface area contributed by atoms with Crippen LogP contribution in [0.3, 0.4) is 0 Å². The molecule has 3 nitrogen and oxygen atoms in total. The lowest BCUT2D eigenvalue weighted by molar-refractivity contribution is -0.114. The third-order valence-corrected chi connectivity index (χ3v) is 2.76. The first-order valence-electron chi connectivity index (χ1n) is 5.33. The molecule has 0 spiro atoms. The second-order valence-electron chi connectivity index (χ2n) is 3.53. The maximum Gasteiger partial charge on any atom is 0.221 e. The molecular formula is C12H18N2OS. The number of amides is 1. The Hall–Kier alpha value is -1.16. The maximum atomic E-state index is 10.8. The first-order valence-corrected chi connectivity index (χ1v) is 6.72. The van der Waals surface area contributed by atoms with Crippen molar-refractivity contribution < 1.29 is 4.79 Å². The number of carbonyl (C=O) groups is 1. The number of benzene rings is 1. The molecule has 4 heteroatoms. The van der Waals surface area contributed by atoms with Crippen LogP contribution in [-0.4, -0.2) is 24.5 Å². The summed E-state index contributed by atoms with van der Waals surface area (Å²) in [6, 6.07) is 7.76. The van der Waals surface area contributed by atoms with Crippen LogP contribution in [0.1, 0.15) is 13.3 Å². The van der Waals surface area contributed by atoms with Crippen LogP contribution in [0.2, 0.25) is 0 Å². The normalized spacial score (nSPS) is 9.88. The summed E-state index contributed by atoms with van der Waals surface area (Å²) in [5.41, 5.74) is 1.93. The molecule has 1 amide bonds. The highest BCUT2D eigenvalue weighted by atomic mass is 32.2. The van der Waals surface area contributed by atoms with E-state index in [4.69, 9.17) is 0 Å². The number of nitrogens with one attached hydrogen (secondary N) is 2. The molecule has 0 aliphatic carbocycles. The van der Waals surface area contributed by atoms with Gasteiger partial charge in [0.25, 0.3) is 0 Å². The van der Waals surface area contributed by atoms with Crippen molar-refractivity contribution in [3.63, 3.8) is 0 Å². The molecule has 0 saturated heterocycles. The molecule has 16 heavy (non-hydrogen) atoms. The summed E-state index contributed by atoms with van der Waals surface area (Å²) in [6.07, 6.45) is 3.27. The Balaban J connectivity index is 2.36. The lowest BCUT2D eigenvalue weighted by Gasteiger charge is -2.07. The quantitative estimate of drug-likeness (QED) is 0.749. The minimum absolute atomic E-state index is 0.0410. The second-order valence-corrected chi connectivity index (χ2v) is 4.52. The summed E-state index contributed by atoms with van der Waals surface area (Å²) >= 11 is 1.86. The summed E-state index contributed by atoms with van der Waals surface area (Å²) in [4.78, 5) is 10.8. The van der Waals surface area contributed by atoms with Crippen LogP contribution in [0.5, 0.6) is 0 Å². The number of carbonyl (C=O) groups excluding carboxylic acids is 1. The van der Waals surface area contributed by atoms with E-state index >= 15 is 0 Å². The molecule has 88 valence electrons. The van der Waals surface area contributed by atoms with Crippen molar-refractivity contribution in [3.05, 3.63) is 24.3 Å². The predicted molar refractivity (Wildman–Crippen MR) is 72.2 cm³/mol. The molecule has 0 heterocycles. The van der Waals surface area contributed by atoms with Gasteiger partial charge in [-0.05, 0) is 42.7 Å². The van der Waals surface area contributed by atoms with E-state index in [1.165, 1.54) is 12.7 Å². The van der Waals surface area contributed by atoms with E-state index in [1.54, 1.807) is 0 Å². The van der Waals surface area contributed by atoms with Gasteiger partial charge in [-0.1, -0.05) is 0 Å². The number of rotatable bonds is 6. The molecule has 1 aromatic carbocycles. The van der Waals surface area contributed by atoms with Crippen LogP contribution in [0.25, 0.3) is 0 Å². The molecule has 0 fully saturated rings. The predicted octanol–water partition coefficient (Wildman–Crippen LogP) is 2.81. The van der Waals surface area contributed by atoms with Crippen molar-refractivity contribution in [2.24, 2.45) is 0 Å². The smallest absolute Gasteiger partial charge is 0.221 e. The van der Waals surface area contributed by atoms with Gasteiger partial charge in [0.1, 0.15) is 0 Å². The van der Waals surface area contributed by atoms with Gasteiger partial charge in [0.2, 0.25) is 5.91 Å². The van der Waals surface area contributed by atoms with Crippen molar-refractivity contribution in [2.45, 2.75) is 13.3 Å². The molecular weight excluding hydrogens is 220 g/mol. The fourth-order valence-electron chi connectivity index (χ4n) is 1.32. The van der Waals surface area contributed by atoms with Gasteiger partial charge in [-0.3, -0.25) is 4.79 Å². The first-order chi connectivity index (χ1) is 7.72. The van der Waals surface area contributed by atoms with E-state index in [1.807, 2.05) is 36.0 Å². The van der Waals surface area contributed by atoms with Crippen LogP contribution in [0, 0.1) is 0 Å². The largest absolute Gasteiger partial charge is 0.385 e. The lowest BCUT2D eigenvalue weighted by Crippen LogP contribution is -2.06. The molecule has 0 aliphatic heterocycles. The second kappa shape index (κ2) is 7.17. The zero-order valence-corrected chi connectivity index (χ0v) is 10.6. The van der Waals surface area contributed by atoms with Gasteiger partial charge < -0.3 is 10.6 Å². The molecule has 0 atom stereocenters. The van der Waals surface area contributed by atoms with E-state index in [2.05, 4.69) is 16.9 Å². The monoisotopic (exact) mass is 238 g/mol. The summed E-state index contributed by atoms with van der Waals surface area (Å²) < 4.78 is 0. The highest BCUT2D eigenvalue weighted by Crippen LogP contribution is 2.13. The summed E-state index contributed by atoms with van der Waals surface area (Å²) in [5, 5.41) is 6.07. The molecule has 1 rings (SSSR count). The van der Waals surface area contributed by atoms with Gasteiger partial charge in [-0.2, -0.15) is 11.8 Å². The molecule has 0 aromatic heterocycles. The third-order valence-electron chi connectivity index (χ3n) is 2.06. The van der Waals surface area contributed by atoms with Crippen molar-refractivity contribution >= 4 is 29.0 Å².